The molecule has 3 unspecified atom stereocenters. The Hall–Kier alpha value is -1.26. The number of rotatable bonds is 5. The second-order valence-corrected chi connectivity index (χ2v) is 5.92. The molecule has 108 valence electrons. The summed E-state index contributed by atoms with van der Waals surface area (Å²) >= 11 is 11.8. The largest absolute Gasteiger partial charge is 0.481 e. The summed E-state index contributed by atoms with van der Waals surface area (Å²) in [5.74, 6) is -1.56. The average Bonchev–Trinajstić information content (AvgIpc) is 3.19. The van der Waals surface area contributed by atoms with Crippen LogP contribution in [0.25, 0.3) is 0 Å². The third kappa shape index (κ3) is 3.44. The lowest BCUT2D eigenvalue weighted by atomic mass is 10.1. The summed E-state index contributed by atoms with van der Waals surface area (Å²) in [6.07, 6.45) is 0.755. The Bertz CT molecular complexity index is 547. The van der Waals surface area contributed by atoms with Crippen LogP contribution in [0.1, 0.15) is 24.8 Å². The first kappa shape index (κ1) is 15.1. The van der Waals surface area contributed by atoms with Crippen molar-refractivity contribution in [2.45, 2.75) is 19.3 Å². The number of benzene rings is 1. The van der Waals surface area contributed by atoms with E-state index in [9.17, 15) is 9.59 Å². The van der Waals surface area contributed by atoms with Gasteiger partial charge < -0.3 is 10.4 Å². The van der Waals surface area contributed by atoms with Crippen LogP contribution in [0.3, 0.4) is 0 Å². The van der Waals surface area contributed by atoms with E-state index in [1.54, 1.807) is 19.1 Å². The molecule has 1 saturated carbocycles. The molecule has 1 aliphatic rings. The van der Waals surface area contributed by atoms with E-state index in [4.69, 9.17) is 28.3 Å². The van der Waals surface area contributed by atoms with Gasteiger partial charge in [-0.05, 0) is 30.0 Å². The molecular formula is C14H15Cl2NO3. The molecule has 0 radical (unpaired) electrons. The molecule has 1 aliphatic carbocycles. The van der Waals surface area contributed by atoms with Crippen LogP contribution >= 0.6 is 23.2 Å². The van der Waals surface area contributed by atoms with Crippen molar-refractivity contribution in [2.24, 2.45) is 11.8 Å². The van der Waals surface area contributed by atoms with Crippen LogP contribution in [0.4, 0.5) is 0 Å². The number of hydrogen-bond donors (Lipinski definition) is 2. The Morgan fingerprint density at radius 1 is 1.40 bits per heavy atom. The molecular weight excluding hydrogens is 301 g/mol. The van der Waals surface area contributed by atoms with Gasteiger partial charge in [-0.2, -0.15) is 0 Å². The van der Waals surface area contributed by atoms with Gasteiger partial charge in [0.2, 0.25) is 5.91 Å². The zero-order valence-corrected chi connectivity index (χ0v) is 12.4. The maximum atomic E-state index is 11.9. The SMILES string of the molecule is CC(CNC(=O)C1CC1c1ccc(Cl)c(Cl)c1)C(=O)O. The number of carboxylic acid groups (broad SMARTS) is 1. The highest BCUT2D eigenvalue weighted by Gasteiger charge is 2.44. The number of aliphatic carboxylic acids is 1. The van der Waals surface area contributed by atoms with Gasteiger partial charge in [-0.15, -0.1) is 0 Å². The topological polar surface area (TPSA) is 66.4 Å². The van der Waals surface area contributed by atoms with Crippen molar-refractivity contribution in [3.63, 3.8) is 0 Å². The van der Waals surface area contributed by atoms with Gasteiger partial charge in [-0.3, -0.25) is 9.59 Å². The van der Waals surface area contributed by atoms with Crippen LogP contribution in [0.5, 0.6) is 0 Å². The zero-order valence-electron chi connectivity index (χ0n) is 10.9. The lowest BCUT2D eigenvalue weighted by molar-refractivity contribution is -0.141. The smallest absolute Gasteiger partial charge is 0.308 e. The second-order valence-electron chi connectivity index (χ2n) is 5.11. The monoisotopic (exact) mass is 315 g/mol. The minimum Gasteiger partial charge on any atom is -0.481 e. The molecule has 0 heterocycles. The fourth-order valence-electron chi connectivity index (χ4n) is 2.07. The number of nitrogens with one attached hydrogen (secondary N) is 1. The van der Waals surface area contributed by atoms with Crippen molar-refractivity contribution in [2.75, 3.05) is 6.54 Å². The number of carboxylic acids is 1. The third-order valence-corrected chi connectivity index (χ3v) is 4.24. The second kappa shape index (κ2) is 6.02. The normalized spacial score (nSPS) is 22.1. The van der Waals surface area contributed by atoms with Gasteiger partial charge in [-0.1, -0.05) is 36.2 Å². The predicted molar refractivity (Wildman–Crippen MR) is 77.1 cm³/mol. The van der Waals surface area contributed by atoms with Crippen molar-refractivity contribution in [1.29, 1.82) is 0 Å². The molecule has 1 fully saturated rings. The van der Waals surface area contributed by atoms with E-state index in [0.717, 1.165) is 12.0 Å². The molecule has 0 saturated heterocycles. The van der Waals surface area contributed by atoms with Gasteiger partial charge >= 0.3 is 5.97 Å². The first-order valence-electron chi connectivity index (χ1n) is 6.35. The van der Waals surface area contributed by atoms with Crippen LogP contribution in [0, 0.1) is 11.8 Å². The Balaban J connectivity index is 1.89. The van der Waals surface area contributed by atoms with Crippen molar-refractivity contribution in [1.82, 2.24) is 5.32 Å². The Labute approximate surface area is 127 Å². The van der Waals surface area contributed by atoms with E-state index >= 15 is 0 Å². The molecule has 1 aromatic carbocycles. The van der Waals surface area contributed by atoms with Gasteiger partial charge in [0.25, 0.3) is 0 Å². The van der Waals surface area contributed by atoms with Crippen LogP contribution in [0.2, 0.25) is 10.0 Å². The van der Waals surface area contributed by atoms with E-state index in [-0.39, 0.29) is 24.3 Å². The highest BCUT2D eigenvalue weighted by molar-refractivity contribution is 6.42. The summed E-state index contributed by atoms with van der Waals surface area (Å²) < 4.78 is 0. The molecule has 0 aromatic heterocycles. The summed E-state index contributed by atoms with van der Waals surface area (Å²) in [4.78, 5) is 22.6. The number of carbonyl (C=O) groups is 2. The number of halogens is 2. The van der Waals surface area contributed by atoms with Gasteiger partial charge in [0.05, 0.1) is 16.0 Å². The predicted octanol–water partition coefficient (Wildman–Crippen LogP) is 2.93. The highest BCUT2D eigenvalue weighted by Crippen LogP contribution is 2.48. The van der Waals surface area contributed by atoms with Crippen molar-refractivity contribution >= 4 is 35.1 Å². The zero-order chi connectivity index (χ0) is 14.9. The lowest BCUT2D eigenvalue weighted by Gasteiger charge is -2.08. The van der Waals surface area contributed by atoms with E-state index in [1.807, 2.05) is 6.07 Å². The quantitative estimate of drug-likeness (QED) is 0.878. The average molecular weight is 316 g/mol. The molecule has 0 aliphatic heterocycles. The van der Waals surface area contributed by atoms with Crippen molar-refractivity contribution < 1.29 is 14.7 Å². The number of carbonyl (C=O) groups excluding carboxylic acids is 1. The minimum atomic E-state index is -0.915. The standard InChI is InChI=1S/C14H15Cl2NO3/c1-7(14(19)20)6-17-13(18)10-5-9(10)8-2-3-11(15)12(16)4-8/h2-4,7,9-10H,5-6H2,1H3,(H,17,18)(H,19,20). The van der Waals surface area contributed by atoms with Crippen LogP contribution in [0.15, 0.2) is 18.2 Å². The van der Waals surface area contributed by atoms with Crippen LogP contribution < -0.4 is 5.32 Å². The molecule has 20 heavy (non-hydrogen) atoms. The third-order valence-electron chi connectivity index (χ3n) is 3.50. The molecule has 0 bridgehead atoms. The van der Waals surface area contributed by atoms with Crippen LogP contribution in [-0.2, 0) is 9.59 Å². The van der Waals surface area contributed by atoms with Gasteiger partial charge in [0.1, 0.15) is 0 Å². The molecule has 6 heteroatoms. The Morgan fingerprint density at radius 3 is 2.70 bits per heavy atom. The Kier molecular flexibility index (Phi) is 4.55. The van der Waals surface area contributed by atoms with Gasteiger partial charge in [-0.25, -0.2) is 0 Å². The Morgan fingerprint density at radius 2 is 2.10 bits per heavy atom. The molecule has 2 rings (SSSR count). The maximum absolute atomic E-state index is 11.9. The first-order chi connectivity index (χ1) is 9.40. The molecule has 3 atom stereocenters. The van der Waals surface area contributed by atoms with Gasteiger partial charge in [0, 0.05) is 12.5 Å². The highest BCUT2D eigenvalue weighted by atomic mass is 35.5. The van der Waals surface area contributed by atoms with Gasteiger partial charge in [0.15, 0.2) is 0 Å². The molecule has 2 N–H and O–H groups in total. The molecule has 1 amide bonds. The van der Waals surface area contributed by atoms with E-state index in [1.165, 1.54) is 0 Å². The van der Waals surface area contributed by atoms with E-state index < -0.39 is 11.9 Å². The fourth-order valence-corrected chi connectivity index (χ4v) is 2.37. The van der Waals surface area contributed by atoms with Crippen molar-refractivity contribution in [3.8, 4) is 0 Å². The first-order valence-corrected chi connectivity index (χ1v) is 7.11. The van der Waals surface area contributed by atoms with Crippen molar-refractivity contribution in [3.05, 3.63) is 33.8 Å². The number of amides is 1. The lowest BCUT2D eigenvalue weighted by Crippen LogP contribution is -2.32. The maximum Gasteiger partial charge on any atom is 0.308 e. The summed E-state index contributed by atoms with van der Waals surface area (Å²) in [6, 6.07) is 5.37. The molecule has 1 aromatic rings. The summed E-state index contributed by atoms with van der Waals surface area (Å²) in [6.45, 7) is 1.71. The number of hydrogen-bond acceptors (Lipinski definition) is 2. The summed E-state index contributed by atoms with van der Waals surface area (Å²) in [7, 11) is 0. The van der Waals surface area contributed by atoms with E-state index in [2.05, 4.69) is 5.32 Å². The minimum absolute atomic E-state index is 0.103. The molecule has 0 spiro atoms. The summed E-state index contributed by atoms with van der Waals surface area (Å²) in [5.41, 5.74) is 0.992. The molecule has 4 nitrogen and oxygen atoms in total. The fraction of sp³-hybridized carbons (Fsp3) is 0.429. The van der Waals surface area contributed by atoms with Crippen LogP contribution in [-0.4, -0.2) is 23.5 Å². The summed E-state index contributed by atoms with van der Waals surface area (Å²) in [5, 5.41) is 12.4. The van der Waals surface area contributed by atoms with E-state index in [0.29, 0.717) is 10.0 Å².